The standard InChI is InChI=1S/C24H22N2O2S/c1-17-5-8-20(9-6-17)10-11-21-14-22(16-25-15-21)24(27)26-29(4,28)23-12-7-18(2)19(3)13-23/h5-9,12-16H,1-4H3. The second-order valence-corrected chi connectivity index (χ2v) is 9.28. The van der Waals surface area contributed by atoms with Crippen molar-refractivity contribution < 1.29 is 9.00 Å². The lowest BCUT2D eigenvalue weighted by Crippen LogP contribution is -2.05. The maximum Gasteiger partial charge on any atom is 0.286 e. The summed E-state index contributed by atoms with van der Waals surface area (Å²) in [7, 11) is -2.86. The van der Waals surface area contributed by atoms with E-state index in [4.69, 9.17) is 0 Å². The molecule has 0 saturated carbocycles. The summed E-state index contributed by atoms with van der Waals surface area (Å²) in [6, 6.07) is 14.9. The van der Waals surface area contributed by atoms with Gasteiger partial charge in [-0.2, -0.15) is 4.36 Å². The van der Waals surface area contributed by atoms with Crippen LogP contribution in [0.2, 0.25) is 0 Å². The van der Waals surface area contributed by atoms with E-state index in [1.807, 2.05) is 57.2 Å². The molecule has 1 unspecified atom stereocenters. The molecule has 0 saturated heterocycles. The molecule has 29 heavy (non-hydrogen) atoms. The monoisotopic (exact) mass is 402 g/mol. The van der Waals surface area contributed by atoms with Crippen LogP contribution in [0, 0.1) is 32.6 Å². The molecule has 1 heterocycles. The molecule has 0 aliphatic rings. The lowest BCUT2D eigenvalue weighted by molar-refractivity contribution is 0.100. The van der Waals surface area contributed by atoms with Crippen molar-refractivity contribution >= 4 is 15.6 Å². The van der Waals surface area contributed by atoms with Crippen molar-refractivity contribution in [2.75, 3.05) is 6.26 Å². The van der Waals surface area contributed by atoms with Gasteiger partial charge in [-0.25, -0.2) is 4.21 Å². The van der Waals surface area contributed by atoms with Gasteiger partial charge in [-0.05, 0) is 62.2 Å². The van der Waals surface area contributed by atoms with Crippen molar-refractivity contribution in [1.82, 2.24) is 4.98 Å². The second-order valence-electron chi connectivity index (χ2n) is 7.02. The number of nitrogens with zero attached hydrogens (tertiary/aromatic N) is 2. The Morgan fingerprint density at radius 3 is 2.28 bits per heavy atom. The van der Waals surface area contributed by atoms with Crippen LogP contribution >= 0.6 is 0 Å². The van der Waals surface area contributed by atoms with Gasteiger partial charge in [-0.15, -0.1) is 0 Å². The molecule has 0 aliphatic heterocycles. The van der Waals surface area contributed by atoms with Gasteiger partial charge in [-0.3, -0.25) is 9.78 Å². The molecule has 1 aromatic heterocycles. The average Bonchev–Trinajstić information content (AvgIpc) is 2.69. The Labute approximate surface area is 172 Å². The highest BCUT2D eigenvalue weighted by molar-refractivity contribution is 7.93. The summed E-state index contributed by atoms with van der Waals surface area (Å²) >= 11 is 0. The topological polar surface area (TPSA) is 59.4 Å². The zero-order chi connectivity index (χ0) is 21.0. The quantitative estimate of drug-likeness (QED) is 0.584. The van der Waals surface area contributed by atoms with E-state index in [1.54, 1.807) is 18.3 Å². The molecule has 0 bridgehead atoms. The number of carbonyl (C=O) groups is 1. The second kappa shape index (κ2) is 8.42. The Balaban J connectivity index is 1.89. The fourth-order valence-electron chi connectivity index (χ4n) is 2.62. The zero-order valence-electron chi connectivity index (χ0n) is 16.9. The van der Waals surface area contributed by atoms with Crippen molar-refractivity contribution in [2.24, 2.45) is 4.36 Å². The molecule has 3 aromatic rings. The summed E-state index contributed by atoms with van der Waals surface area (Å²) in [6.45, 7) is 5.94. The molecule has 0 N–H and O–H groups in total. The number of pyridine rings is 1. The molecule has 146 valence electrons. The van der Waals surface area contributed by atoms with Gasteiger partial charge in [0, 0.05) is 34.7 Å². The molecule has 1 amide bonds. The summed E-state index contributed by atoms with van der Waals surface area (Å²) in [5, 5.41) is 0. The minimum absolute atomic E-state index is 0.263. The van der Waals surface area contributed by atoms with Crippen molar-refractivity contribution in [2.45, 2.75) is 25.7 Å². The SMILES string of the molecule is Cc1ccc(C#Cc2cncc(C(=O)N=S(C)(=O)c3ccc(C)c(C)c3)c2)cc1. The average molecular weight is 403 g/mol. The van der Waals surface area contributed by atoms with Gasteiger partial charge in [-0.1, -0.05) is 35.6 Å². The minimum Gasteiger partial charge on any atom is -0.266 e. The van der Waals surface area contributed by atoms with Crippen LogP contribution in [0.15, 0.2) is 70.2 Å². The third kappa shape index (κ3) is 5.18. The predicted octanol–water partition coefficient (Wildman–Crippen LogP) is 4.70. The molecule has 0 fully saturated rings. The Bertz CT molecular complexity index is 1260. The number of hydrogen-bond acceptors (Lipinski definition) is 3. The number of aryl methyl sites for hydroxylation is 3. The van der Waals surface area contributed by atoms with E-state index < -0.39 is 15.6 Å². The molecular weight excluding hydrogens is 380 g/mol. The van der Waals surface area contributed by atoms with Crippen LogP contribution in [0.1, 0.15) is 38.2 Å². The van der Waals surface area contributed by atoms with Crippen LogP contribution in [0.25, 0.3) is 0 Å². The van der Waals surface area contributed by atoms with Crippen LogP contribution in [-0.2, 0) is 9.73 Å². The van der Waals surface area contributed by atoms with E-state index in [9.17, 15) is 9.00 Å². The number of rotatable bonds is 2. The molecule has 5 heteroatoms. The fourth-order valence-corrected chi connectivity index (χ4v) is 3.86. The van der Waals surface area contributed by atoms with Crippen LogP contribution in [-0.4, -0.2) is 21.4 Å². The van der Waals surface area contributed by atoms with Gasteiger partial charge in [0.15, 0.2) is 0 Å². The Morgan fingerprint density at radius 1 is 0.897 bits per heavy atom. The fraction of sp³-hybridized carbons (Fsp3) is 0.167. The summed E-state index contributed by atoms with van der Waals surface area (Å²) in [5.41, 5.74) is 5.01. The van der Waals surface area contributed by atoms with E-state index >= 15 is 0 Å². The number of amides is 1. The largest absolute Gasteiger partial charge is 0.286 e. The van der Waals surface area contributed by atoms with Crippen molar-refractivity contribution in [1.29, 1.82) is 0 Å². The smallest absolute Gasteiger partial charge is 0.266 e. The molecule has 3 rings (SSSR count). The van der Waals surface area contributed by atoms with E-state index in [0.29, 0.717) is 10.5 Å². The molecule has 4 nitrogen and oxygen atoms in total. The molecule has 0 radical (unpaired) electrons. The van der Waals surface area contributed by atoms with Crippen LogP contribution in [0.3, 0.4) is 0 Å². The molecule has 2 aromatic carbocycles. The first kappa shape index (κ1) is 20.5. The first-order chi connectivity index (χ1) is 13.7. The van der Waals surface area contributed by atoms with E-state index in [0.717, 1.165) is 16.7 Å². The highest BCUT2D eigenvalue weighted by Gasteiger charge is 2.13. The Kier molecular flexibility index (Phi) is 5.95. The lowest BCUT2D eigenvalue weighted by Gasteiger charge is -2.07. The van der Waals surface area contributed by atoms with Crippen molar-refractivity contribution in [3.8, 4) is 11.8 Å². The van der Waals surface area contributed by atoms with Gasteiger partial charge in [0.1, 0.15) is 0 Å². The van der Waals surface area contributed by atoms with Gasteiger partial charge >= 0.3 is 0 Å². The number of benzene rings is 2. The molecular formula is C24H22N2O2S. The lowest BCUT2D eigenvalue weighted by atomic mass is 10.1. The number of aromatic nitrogens is 1. The van der Waals surface area contributed by atoms with Gasteiger partial charge < -0.3 is 0 Å². The van der Waals surface area contributed by atoms with Gasteiger partial charge in [0.25, 0.3) is 5.91 Å². The highest BCUT2D eigenvalue weighted by atomic mass is 32.2. The normalized spacial score (nSPS) is 12.4. The number of hydrogen-bond donors (Lipinski definition) is 0. The molecule has 1 atom stereocenters. The maximum atomic E-state index is 13.0. The first-order valence-electron chi connectivity index (χ1n) is 9.12. The zero-order valence-corrected chi connectivity index (χ0v) is 17.7. The van der Waals surface area contributed by atoms with E-state index in [2.05, 4.69) is 21.2 Å². The van der Waals surface area contributed by atoms with Crippen LogP contribution in [0.4, 0.5) is 0 Å². The predicted molar refractivity (Wildman–Crippen MR) is 116 cm³/mol. The summed E-state index contributed by atoms with van der Waals surface area (Å²) in [5.74, 6) is 5.49. The third-order valence-electron chi connectivity index (χ3n) is 4.56. The van der Waals surface area contributed by atoms with Gasteiger partial charge in [0.05, 0.1) is 15.3 Å². The van der Waals surface area contributed by atoms with Crippen molar-refractivity contribution in [3.63, 3.8) is 0 Å². The van der Waals surface area contributed by atoms with E-state index in [-0.39, 0.29) is 5.56 Å². The third-order valence-corrected chi connectivity index (χ3v) is 6.20. The van der Waals surface area contributed by atoms with Crippen LogP contribution in [0.5, 0.6) is 0 Å². The minimum atomic E-state index is -2.86. The Morgan fingerprint density at radius 2 is 1.59 bits per heavy atom. The molecule has 0 aliphatic carbocycles. The maximum absolute atomic E-state index is 13.0. The van der Waals surface area contributed by atoms with Crippen LogP contribution < -0.4 is 0 Å². The molecule has 0 spiro atoms. The summed E-state index contributed by atoms with van der Waals surface area (Å²) in [4.78, 5) is 17.2. The summed E-state index contributed by atoms with van der Waals surface area (Å²) in [6.07, 6.45) is 4.48. The van der Waals surface area contributed by atoms with Gasteiger partial charge in [0.2, 0.25) is 0 Å². The number of carbonyl (C=O) groups excluding carboxylic acids is 1. The Hall–Kier alpha value is -3.23. The summed E-state index contributed by atoms with van der Waals surface area (Å²) < 4.78 is 17.0. The van der Waals surface area contributed by atoms with Crippen molar-refractivity contribution in [3.05, 3.63) is 94.3 Å². The van der Waals surface area contributed by atoms with E-state index in [1.165, 1.54) is 18.0 Å². The highest BCUT2D eigenvalue weighted by Crippen LogP contribution is 2.17. The first-order valence-corrected chi connectivity index (χ1v) is 11.0.